The van der Waals surface area contributed by atoms with E-state index in [0.29, 0.717) is 17.3 Å². The van der Waals surface area contributed by atoms with Crippen molar-refractivity contribution in [1.82, 2.24) is 14.1 Å². The summed E-state index contributed by atoms with van der Waals surface area (Å²) in [4.78, 5) is 25.5. The molecule has 0 aliphatic carbocycles. The van der Waals surface area contributed by atoms with E-state index in [1.165, 1.54) is 30.9 Å². The third-order valence-electron chi connectivity index (χ3n) is 4.64. The van der Waals surface area contributed by atoms with Crippen molar-refractivity contribution in [3.05, 3.63) is 58.5 Å². The quantitative estimate of drug-likeness (QED) is 0.599. The molecule has 0 unspecified atom stereocenters. The van der Waals surface area contributed by atoms with Gasteiger partial charge in [0.15, 0.2) is 5.69 Å². The first kappa shape index (κ1) is 22.4. The van der Waals surface area contributed by atoms with Crippen molar-refractivity contribution in [2.75, 3.05) is 26.0 Å². The zero-order valence-electron chi connectivity index (χ0n) is 17.7. The number of benzene rings is 2. The minimum Gasteiger partial charge on any atom is -0.492 e. The molecule has 0 atom stereocenters. The first-order chi connectivity index (χ1) is 14.7. The fourth-order valence-electron chi connectivity index (χ4n) is 3.07. The predicted molar refractivity (Wildman–Crippen MR) is 118 cm³/mol. The zero-order valence-corrected chi connectivity index (χ0v) is 18.6. The summed E-state index contributed by atoms with van der Waals surface area (Å²) < 4.78 is 33.2. The largest absolute Gasteiger partial charge is 0.492 e. The molecule has 164 valence electrons. The molecule has 0 fully saturated rings. The van der Waals surface area contributed by atoms with Crippen molar-refractivity contribution in [3.63, 3.8) is 0 Å². The number of aryl methyl sites for hydroxylation is 1. The Labute approximate surface area is 180 Å². The lowest BCUT2D eigenvalue weighted by atomic mass is 10.1. The monoisotopic (exact) mass is 444 g/mol. The van der Waals surface area contributed by atoms with Gasteiger partial charge in [0.2, 0.25) is 10.0 Å². The number of aromatic nitrogens is 2. The van der Waals surface area contributed by atoms with Gasteiger partial charge in [0.25, 0.3) is 11.5 Å². The Morgan fingerprint density at radius 2 is 1.81 bits per heavy atom. The summed E-state index contributed by atoms with van der Waals surface area (Å²) in [5.74, 6) is -0.368. The molecule has 0 bridgehead atoms. The van der Waals surface area contributed by atoms with Gasteiger partial charge in [0.05, 0.1) is 12.0 Å². The maximum atomic E-state index is 13.0. The number of hydrogen-bond acceptors (Lipinski definition) is 6. The number of amides is 1. The van der Waals surface area contributed by atoms with Gasteiger partial charge in [0, 0.05) is 31.7 Å². The second kappa shape index (κ2) is 8.86. The highest BCUT2D eigenvalue weighted by Crippen LogP contribution is 2.29. The summed E-state index contributed by atoms with van der Waals surface area (Å²) in [6.45, 7) is 4.10. The lowest BCUT2D eigenvalue weighted by molar-refractivity contribution is 0.102. The first-order valence-corrected chi connectivity index (χ1v) is 11.1. The van der Waals surface area contributed by atoms with E-state index in [4.69, 9.17) is 4.74 Å². The predicted octanol–water partition coefficient (Wildman–Crippen LogP) is 2.32. The zero-order chi connectivity index (χ0) is 22.8. The topological polar surface area (TPSA) is 111 Å². The Bertz CT molecular complexity index is 1300. The molecule has 0 radical (unpaired) electrons. The average molecular weight is 445 g/mol. The van der Waals surface area contributed by atoms with Crippen LogP contribution in [0.1, 0.15) is 24.3 Å². The molecule has 0 saturated heterocycles. The van der Waals surface area contributed by atoms with E-state index in [1.807, 2.05) is 0 Å². The van der Waals surface area contributed by atoms with Crippen molar-refractivity contribution >= 4 is 32.4 Å². The van der Waals surface area contributed by atoms with Crippen molar-refractivity contribution in [3.8, 4) is 5.75 Å². The molecule has 2 aromatic carbocycles. The van der Waals surface area contributed by atoms with Gasteiger partial charge in [0.1, 0.15) is 10.6 Å². The van der Waals surface area contributed by atoms with Crippen LogP contribution in [-0.4, -0.2) is 49.1 Å². The van der Waals surface area contributed by atoms with Gasteiger partial charge in [-0.1, -0.05) is 18.2 Å². The Morgan fingerprint density at radius 3 is 2.42 bits per heavy atom. The van der Waals surface area contributed by atoms with E-state index in [-0.39, 0.29) is 34.2 Å². The number of nitrogens with one attached hydrogen (secondary N) is 1. The van der Waals surface area contributed by atoms with Crippen LogP contribution in [-0.2, 0) is 16.6 Å². The molecule has 0 aliphatic rings. The van der Waals surface area contributed by atoms with Gasteiger partial charge in [-0.2, -0.15) is 5.10 Å². The number of sulfonamides is 1. The molecule has 3 aromatic rings. The van der Waals surface area contributed by atoms with Gasteiger partial charge >= 0.3 is 0 Å². The van der Waals surface area contributed by atoms with Gasteiger partial charge < -0.3 is 10.1 Å². The standard InChI is InChI=1S/C21H24N4O5S/c1-5-25-21(27)16-10-8-7-9-15(16)19(23-25)20(26)22-14-11-12-17(30-6-2)18(13-14)31(28,29)24(3)4/h7-13H,5-6H2,1-4H3,(H,22,26). The van der Waals surface area contributed by atoms with E-state index in [0.717, 1.165) is 4.31 Å². The van der Waals surface area contributed by atoms with Crippen LogP contribution in [0.4, 0.5) is 5.69 Å². The van der Waals surface area contributed by atoms with Crippen LogP contribution in [0.2, 0.25) is 0 Å². The van der Waals surface area contributed by atoms with Crippen LogP contribution in [0.3, 0.4) is 0 Å². The molecule has 31 heavy (non-hydrogen) atoms. The van der Waals surface area contributed by atoms with E-state index < -0.39 is 15.9 Å². The minimum atomic E-state index is -3.81. The lowest BCUT2D eigenvalue weighted by Gasteiger charge is -2.17. The summed E-state index contributed by atoms with van der Waals surface area (Å²) >= 11 is 0. The summed E-state index contributed by atoms with van der Waals surface area (Å²) in [7, 11) is -0.974. The fourth-order valence-corrected chi connectivity index (χ4v) is 4.12. The third-order valence-corrected chi connectivity index (χ3v) is 6.48. The lowest BCUT2D eigenvalue weighted by Crippen LogP contribution is -2.27. The van der Waals surface area contributed by atoms with Crippen molar-refractivity contribution < 1.29 is 17.9 Å². The molecule has 1 N–H and O–H groups in total. The number of hydrogen-bond donors (Lipinski definition) is 1. The van der Waals surface area contributed by atoms with Gasteiger partial charge in [-0.05, 0) is 38.1 Å². The Hall–Kier alpha value is -3.24. The molecule has 0 spiro atoms. The van der Waals surface area contributed by atoms with Crippen LogP contribution in [0, 0.1) is 0 Å². The molecule has 0 saturated carbocycles. The Kier molecular flexibility index (Phi) is 6.42. The number of ether oxygens (including phenoxy) is 1. The van der Waals surface area contributed by atoms with E-state index in [9.17, 15) is 18.0 Å². The molecule has 1 heterocycles. The molecule has 1 aromatic heterocycles. The molecule has 0 aliphatic heterocycles. The van der Waals surface area contributed by atoms with Gasteiger partial charge in [-0.25, -0.2) is 17.4 Å². The molecule has 10 heteroatoms. The first-order valence-electron chi connectivity index (χ1n) is 9.71. The minimum absolute atomic E-state index is 0.0616. The summed E-state index contributed by atoms with van der Waals surface area (Å²) in [5.41, 5.74) is 0.0482. The van der Waals surface area contributed by atoms with Crippen LogP contribution < -0.4 is 15.6 Å². The second-order valence-electron chi connectivity index (χ2n) is 6.85. The molecular weight excluding hydrogens is 420 g/mol. The number of carbonyl (C=O) groups is 1. The van der Waals surface area contributed by atoms with E-state index in [2.05, 4.69) is 10.4 Å². The van der Waals surface area contributed by atoms with Crippen LogP contribution in [0.15, 0.2) is 52.2 Å². The van der Waals surface area contributed by atoms with E-state index in [1.54, 1.807) is 44.2 Å². The average Bonchev–Trinajstić information content (AvgIpc) is 2.75. The van der Waals surface area contributed by atoms with Crippen molar-refractivity contribution in [1.29, 1.82) is 0 Å². The summed E-state index contributed by atoms with van der Waals surface area (Å²) in [6, 6.07) is 11.1. The number of carbonyl (C=O) groups excluding carboxylic acids is 1. The van der Waals surface area contributed by atoms with Gasteiger partial charge in [-0.15, -0.1) is 0 Å². The van der Waals surface area contributed by atoms with Crippen LogP contribution in [0.25, 0.3) is 10.8 Å². The number of nitrogens with zero attached hydrogens (tertiary/aromatic N) is 3. The molecule has 9 nitrogen and oxygen atoms in total. The third kappa shape index (κ3) is 4.30. The Morgan fingerprint density at radius 1 is 1.13 bits per heavy atom. The number of fused-ring (bicyclic) bond motifs is 1. The van der Waals surface area contributed by atoms with Crippen molar-refractivity contribution in [2.24, 2.45) is 0 Å². The molecular formula is C21H24N4O5S. The fraction of sp³-hybridized carbons (Fsp3) is 0.286. The Balaban J connectivity index is 2.07. The van der Waals surface area contributed by atoms with Gasteiger partial charge in [-0.3, -0.25) is 9.59 Å². The van der Waals surface area contributed by atoms with Crippen LogP contribution in [0.5, 0.6) is 5.75 Å². The summed E-state index contributed by atoms with van der Waals surface area (Å²) in [5, 5.41) is 7.69. The highest BCUT2D eigenvalue weighted by atomic mass is 32.2. The number of rotatable bonds is 7. The maximum Gasteiger partial charge on any atom is 0.276 e. The smallest absolute Gasteiger partial charge is 0.276 e. The normalized spacial score (nSPS) is 11.6. The van der Waals surface area contributed by atoms with Crippen LogP contribution >= 0.6 is 0 Å². The van der Waals surface area contributed by atoms with E-state index >= 15 is 0 Å². The highest BCUT2D eigenvalue weighted by Gasteiger charge is 2.24. The highest BCUT2D eigenvalue weighted by molar-refractivity contribution is 7.89. The molecule has 1 amide bonds. The molecule has 3 rings (SSSR count). The SMILES string of the molecule is CCOc1ccc(NC(=O)c2nn(CC)c(=O)c3ccccc23)cc1S(=O)(=O)N(C)C. The maximum absolute atomic E-state index is 13.0. The van der Waals surface area contributed by atoms with Crippen molar-refractivity contribution in [2.45, 2.75) is 25.3 Å². The summed E-state index contributed by atoms with van der Waals surface area (Å²) in [6.07, 6.45) is 0. The number of anilines is 1. The second-order valence-corrected chi connectivity index (χ2v) is 8.97.